The number of rotatable bonds is 5. The molecule has 1 heterocycles. The summed E-state index contributed by atoms with van der Waals surface area (Å²) in [4.78, 5) is 25.5. The number of nitrogens with two attached hydrogens (primary N) is 1. The molecule has 4 nitrogen and oxygen atoms in total. The van der Waals surface area contributed by atoms with Gasteiger partial charge in [0.15, 0.2) is 0 Å². The fraction of sp³-hybridized carbons (Fsp3) is 0.529. The molecule has 0 radical (unpaired) electrons. The lowest BCUT2D eigenvalue weighted by Gasteiger charge is -2.37. The quantitative estimate of drug-likeness (QED) is 0.902. The smallest absolute Gasteiger partial charge is 0.222 e. The number of piperidine rings is 1. The zero-order valence-electron chi connectivity index (χ0n) is 12.6. The third-order valence-electron chi connectivity index (χ3n) is 4.30. The standard InChI is InChI=1S/C17H24N2O2/c1-13-10-11-15(17(18)21)12-19(13)16(20)9-5-8-14-6-3-2-4-7-14/h2-4,6-7,13,15H,5,8-12H2,1H3,(H2,18,21)/t13-,15-/m0/s1. The van der Waals surface area contributed by atoms with Crippen molar-refractivity contribution >= 4 is 11.8 Å². The number of benzene rings is 1. The van der Waals surface area contributed by atoms with Crippen molar-refractivity contribution in [1.29, 1.82) is 0 Å². The topological polar surface area (TPSA) is 63.4 Å². The van der Waals surface area contributed by atoms with Crippen LogP contribution in [0.1, 0.15) is 38.2 Å². The number of primary amides is 1. The van der Waals surface area contributed by atoms with E-state index in [0.717, 1.165) is 25.7 Å². The first-order valence-electron chi connectivity index (χ1n) is 7.70. The maximum Gasteiger partial charge on any atom is 0.222 e. The monoisotopic (exact) mass is 288 g/mol. The third kappa shape index (κ3) is 4.31. The van der Waals surface area contributed by atoms with Gasteiger partial charge in [0.05, 0.1) is 5.92 Å². The van der Waals surface area contributed by atoms with Crippen LogP contribution in [0.2, 0.25) is 0 Å². The first-order chi connectivity index (χ1) is 10.1. The van der Waals surface area contributed by atoms with Crippen LogP contribution in [0.25, 0.3) is 0 Å². The minimum absolute atomic E-state index is 0.143. The van der Waals surface area contributed by atoms with Crippen molar-refractivity contribution in [1.82, 2.24) is 4.90 Å². The minimum Gasteiger partial charge on any atom is -0.369 e. The molecule has 1 aromatic carbocycles. The van der Waals surface area contributed by atoms with Crippen molar-refractivity contribution in [3.8, 4) is 0 Å². The van der Waals surface area contributed by atoms with Gasteiger partial charge in [0.2, 0.25) is 11.8 Å². The van der Waals surface area contributed by atoms with Crippen molar-refractivity contribution < 1.29 is 9.59 Å². The number of hydrogen-bond donors (Lipinski definition) is 1. The summed E-state index contributed by atoms with van der Waals surface area (Å²) in [6.07, 6.45) is 3.94. The minimum atomic E-state index is -0.288. The molecule has 0 unspecified atom stereocenters. The second-order valence-corrected chi connectivity index (χ2v) is 5.91. The van der Waals surface area contributed by atoms with Crippen LogP contribution < -0.4 is 5.73 Å². The van der Waals surface area contributed by atoms with Gasteiger partial charge in [-0.25, -0.2) is 0 Å². The summed E-state index contributed by atoms with van der Waals surface area (Å²) in [6.45, 7) is 2.53. The number of hydrogen-bond acceptors (Lipinski definition) is 2. The maximum absolute atomic E-state index is 12.3. The van der Waals surface area contributed by atoms with Gasteiger partial charge in [0.1, 0.15) is 0 Å². The third-order valence-corrected chi connectivity index (χ3v) is 4.30. The van der Waals surface area contributed by atoms with Gasteiger partial charge in [-0.15, -0.1) is 0 Å². The highest BCUT2D eigenvalue weighted by atomic mass is 16.2. The largest absolute Gasteiger partial charge is 0.369 e. The summed E-state index contributed by atoms with van der Waals surface area (Å²) >= 11 is 0. The molecule has 1 fully saturated rings. The molecular formula is C17H24N2O2. The molecule has 0 aliphatic carbocycles. The van der Waals surface area contributed by atoms with Crippen LogP contribution in [0.3, 0.4) is 0 Å². The highest BCUT2D eigenvalue weighted by molar-refractivity contribution is 5.80. The van der Waals surface area contributed by atoms with Gasteiger partial charge in [-0.05, 0) is 38.2 Å². The number of nitrogens with zero attached hydrogens (tertiary/aromatic N) is 1. The first kappa shape index (κ1) is 15.5. The molecule has 1 saturated heterocycles. The number of carbonyl (C=O) groups excluding carboxylic acids is 2. The normalized spacial score (nSPS) is 22.0. The molecule has 2 amide bonds. The molecule has 2 N–H and O–H groups in total. The van der Waals surface area contributed by atoms with Crippen molar-refractivity contribution in [2.75, 3.05) is 6.54 Å². The van der Waals surface area contributed by atoms with E-state index in [0.29, 0.717) is 13.0 Å². The Hall–Kier alpha value is -1.84. The second-order valence-electron chi connectivity index (χ2n) is 5.91. The van der Waals surface area contributed by atoms with E-state index < -0.39 is 0 Å². The maximum atomic E-state index is 12.3. The van der Waals surface area contributed by atoms with Crippen LogP contribution >= 0.6 is 0 Å². The average Bonchev–Trinajstić information content (AvgIpc) is 2.48. The van der Waals surface area contributed by atoms with Crippen molar-refractivity contribution in [2.45, 2.75) is 45.1 Å². The average molecular weight is 288 g/mol. The van der Waals surface area contributed by atoms with E-state index in [1.165, 1.54) is 5.56 Å². The lowest BCUT2D eigenvalue weighted by atomic mass is 9.92. The van der Waals surface area contributed by atoms with Crippen molar-refractivity contribution in [3.63, 3.8) is 0 Å². The SMILES string of the molecule is C[C@H]1CC[C@H](C(N)=O)CN1C(=O)CCCc1ccccc1. The van der Waals surface area contributed by atoms with Crippen LogP contribution in [0.5, 0.6) is 0 Å². The van der Waals surface area contributed by atoms with Crippen LogP contribution in [0.15, 0.2) is 30.3 Å². The van der Waals surface area contributed by atoms with Gasteiger partial charge in [-0.1, -0.05) is 30.3 Å². The predicted molar refractivity (Wildman–Crippen MR) is 82.5 cm³/mol. The van der Waals surface area contributed by atoms with E-state index in [1.807, 2.05) is 30.0 Å². The molecule has 1 aliphatic rings. The predicted octanol–water partition coefficient (Wildman–Crippen LogP) is 2.12. The molecule has 0 bridgehead atoms. The van der Waals surface area contributed by atoms with E-state index in [-0.39, 0.29) is 23.8 Å². The second kappa shape index (κ2) is 7.25. The zero-order valence-corrected chi connectivity index (χ0v) is 12.6. The number of amides is 2. The Morgan fingerprint density at radius 2 is 1.95 bits per heavy atom. The summed E-state index contributed by atoms with van der Waals surface area (Å²) in [5.74, 6) is -0.326. The molecule has 2 rings (SSSR count). The van der Waals surface area contributed by atoms with E-state index in [2.05, 4.69) is 12.1 Å². The van der Waals surface area contributed by atoms with E-state index in [4.69, 9.17) is 5.73 Å². The molecule has 114 valence electrons. The molecular weight excluding hydrogens is 264 g/mol. The lowest BCUT2D eigenvalue weighted by molar-refractivity contribution is -0.137. The molecule has 0 aromatic heterocycles. The molecule has 0 saturated carbocycles. The van der Waals surface area contributed by atoms with Crippen LogP contribution in [0.4, 0.5) is 0 Å². The number of likely N-dealkylation sites (tertiary alicyclic amines) is 1. The molecule has 4 heteroatoms. The van der Waals surface area contributed by atoms with Gasteiger partial charge in [-0.3, -0.25) is 9.59 Å². The van der Waals surface area contributed by atoms with E-state index in [9.17, 15) is 9.59 Å². The molecule has 1 aliphatic heterocycles. The summed E-state index contributed by atoms with van der Waals surface area (Å²) in [5.41, 5.74) is 6.63. The molecule has 1 aromatic rings. The summed E-state index contributed by atoms with van der Waals surface area (Å²) in [6, 6.07) is 10.4. The fourth-order valence-electron chi connectivity index (χ4n) is 2.92. The van der Waals surface area contributed by atoms with Crippen molar-refractivity contribution in [2.24, 2.45) is 11.7 Å². The zero-order chi connectivity index (χ0) is 15.2. The summed E-state index contributed by atoms with van der Waals surface area (Å²) in [7, 11) is 0. The number of carbonyl (C=O) groups is 2. The Balaban J connectivity index is 1.82. The molecule has 0 spiro atoms. The molecule has 21 heavy (non-hydrogen) atoms. The Bertz CT molecular complexity index is 487. The molecule has 2 atom stereocenters. The van der Waals surface area contributed by atoms with Gasteiger partial charge >= 0.3 is 0 Å². The Morgan fingerprint density at radius 1 is 1.24 bits per heavy atom. The summed E-state index contributed by atoms with van der Waals surface area (Å²) < 4.78 is 0. The first-order valence-corrected chi connectivity index (χ1v) is 7.70. The van der Waals surface area contributed by atoms with Crippen molar-refractivity contribution in [3.05, 3.63) is 35.9 Å². The Kier molecular flexibility index (Phi) is 5.37. The van der Waals surface area contributed by atoms with Crippen LogP contribution in [0, 0.1) is 5.92 Å². The van der Waals surface area contributed by atoms with E-state index >= 15 is 0 Å². The fourth-order valence-corrected chi connectivity index (χ4v) is 2.92. The van der Waals surface area contributed by atoms with Crippen LogP contribution in [-0.2, 0) is 16.0 Å². The van der Waals surface area contributed by atoms with Crippen LogP contribution in [-0.4, -0.2) is 29.3 Å². The van der Waals surface area contributed by atoms with Gasteiger partial charge in [0.25, 0.3) is 0 Å². The Morgan fingerprint density at radius 3 is 2.62 bits per heavy atom. The van der Waals surface area contributed by atoms with E-state index in [1.54, 1.807) is 0 Å². The van der Waals surface area contributed by atoms with Gasteiger partial charge in [0, 0.05) is 19.0 Å². The number of aryl methyl sites for hydroxylation is 1. The van der Waals surface area contributed by atoms with Gasteiger partial charge in [-0.2, -0.15) is 0 Å². The highest BCUT2D eigenvalue weighted by Gasteiger charge is 2.31. The summed E-state index contributed by atoms with van der Waals surface area (Å²) in [5, 5.41) is 0. The lowest BCUT2D eigenvalue weighted by Crippen LogP contribution is -2.48. The highest BCUT2D eigenvalue weighted by Crippen LogP contribution is 2.22. The Labute approximate surface area is 126 Å². The van der Waals surface area contributed by atoms with Gasteiger partial charge < -0.3 is 10.6 Å².